The van der Waals surface area contributed by atoms with E-state index in [1.807, 2.05) is 37.4 Å². The summed E-state index contributed by atoms with van der Waals surface area (Å²) in [7, 11) is 6.80. The molecule has 0 heterocycles. The number of phenolic OH excluding ortho intramolecular Hbond substituents is 1. The Kier molecular flexibility index (Phi) is 9.16. The molecule has 0 fully saturated rings. The molecule has 0 spiro atoms. The Labute approximate surface area is 251 Å². The molecule has 2 N–H and O–H groups in total. The molecule has 43 heavy (non-hydrogen) atoms. The number of halogens is 1. The minimum atomic E-state index is -0.276. The lowest BCUT2D eigenvalue weighted by atomic mass is 9.95. The van der Waals surface area contributed by atoms with Crippen molar-refractivity contribution in [2.75, 3.05) is 40.2 Å². The molecule has 1 aliphatic rings. The highest BCUT2D eigenvalue weighted by Crippen LogP contribution is 2.51. The summed E-state index contributed by atoms with van der Waals surface area (Å²) in [4.78, 5) is 15.9. The molecular weight excluding hydrogens is 547 g/mol. The molecule has 1 aliphatic carbocycles. The monoisotopic (exact) mass is 584 g/mol. The highest BCUT2D eigenvalue weighted by Gasteiger charge is 2.31. The standard InChI is InChI=1S/C35H37FN2O5/c1-38(21-24-7-5-6-8-30(24)39)29-16-11-23-19-32(41-2)34(42-3)35(43-4)33(23)26-14-15-28(31(40)20-27(26)29)37-18-17-22-9-12-25(36)13-10-22/h5-10,12-15,19-20,29,39H,11,16-18,21H2,1-4H3,(H,37,40). The van der Waals surface area contributed by atoms with Crippen molar-refractivity contribution in [2.24, 2.45) is 0 Å². The third-order valence-corrected chi connectivity index (χ3v) is 8.09. The van der Waals surface area contributed by atoms with Crippen LogP contribution in [0.25, 0.3) is 11.1 Å². The molecule has 5 rings (SSSR count). The number of aryl methyl sites for hydroxylation is 1. The van der Waals surface area contributed by atoms with Gasteiger partial charge >= 0.3 is 0 Å². The smallest absolute Gasteiger partial charge is 0.203 e. The number of nitrogens with one attached hydrogen (secondary N) is 1. The molecule has 0 radical (unpaired) electrons. The highest BCUT2D eigenvalue weighted by atomic mass is 19.1. The number of rotatable bonds is 10. The second-order valence-corrected chi connectivity index (χ2v) is 10.7. The van der Waals surface area contributed by atoms with Gasteiger partial charge in [0.05, 0.1) is 27.0 Å². The van der Waals surface area contributed by atoms with Gasteiger partial charge in [-0.15, -0.1) is 0 Å². The maximum atomic E-state index is 13.7. The maximum Gasteiger partial charge on any atom is 0.203 e. The van der Waals surface area contributed by atoms with E-state index in [1.165, 1.54) is 12.1 Å². The Morgan fingerprint density at radius 1 is 0.953 bits per heavy atom. The number of phenols is 1. The molecule has 4 aromatic rings. The Morgan fingerprint density at radius 3 is 2.40 bits per heavy atom. The zero-order valence-corrected chi connectivity index (χ0v) is 24.9. The van der Waals surface area contributed by atoms with Crippen LogP contribution in [0, 0.1) is 5.82 Å². The number of benzene rings is 3. The maximum absolute atomic E-state index is 13.7. The first-order valence-corrected chi connectivity index (χ1v) is 14.3. The number of anilines is 1. The number of fused-ring (bicyclic) bond motifs is 3. The second kappa shape index (κ2) is 13.2. The first-order valence-electron chi connectivity index (χ1n) is 14.3. The van der Waals surface area contributed by atoms with E-state index >= 15 is 0 Å². The summed E-state index contributed by atoms with van der Waals surface area (Å²) in [6, 6.07) is 21.0. The molecule has 7 nitrogen and oxygen atoms in total. The van der Waals surface area contributed by atoms with E-state index < -0.39 is 0 Å². The number of nitrogens with zero attached hydrogens (tertiary/aromatic N) is 1. The third-order valence-electron chi connectivity index (χ3n) is 8.09. The zero-order chi connectivity index (χ0) is 30.5. The van der Waals surface area contributed by atoms with Crippen molar-refractivity contribution < 1.29 is 23.7 Å². The van der Waals surface area contributed by atoms with Crippen LogP contribution in [0.1, 0.15) is 34.7 Å². The van der Waals surface area contributed by atoms with Crippen LogP contribution in [0.5, 0.6) is 23.0 Å². The van der Waals surface area contributed by atoms with E-state index in [1.54, 1.807) is 51.7 Å². The van der Waals surface area contributed by atoms with Gasteiger partial charge in [0, 0.05) is 30.3 Å². The van der Waals surface area contributed by atoms with Crippen LogP contribution >= 0.6 is 0 Å². The highest BCUT2D eigenvalue weighted by molar-refractivity contribution is 5.83. The van der Waals surface area contributed by atoms with Crippen LogP contribution in [0.2, 0.25) is 0 Å². The van der Waals surface area contributed by atoms with Gasteiger partial charge in [-0.3, -0.25) is 9.69 Å². The fourth-order valence-corrected chi connectivity index (χ4v) is 5.91. The molecule has 0 saturated heterocycles. The van der Waals surface area contributed by atoms with Crippen molar-refractivity contribution in [3.05, 3.63) is 111 Å². The number of methoxy groups -OCH3 is 3. The van der Waals surface area contributed by atoms with Crippen molar-refractivity contribution in [2.45, 2.75) is 31.8 Å². The van der Waals surface area contributed by atoms with E-state index in [0.717, 1.165) is 39.8 Å². The molecule has 0 saturated carbocycles. The lowest BCUT2D eigenvalue weighted by Gasteiger charge is -2.28. The topological polar surface area (TPSA) is 80.3 Å². The first kappa shape index (κ1) is 29.9. The van der Waals surface area contributed by atoms with Gasteiger partial charge in [-0.05, 0) is 85.0 Å². The summed E-state index contributed by atoms with van der Waals surface area (Å²) < 4.78 is 30.7. The van der Waals surface area contributed by atoms with Gasteiger partial charge in [0.1, 0.15) is 11.6 Å². The molecule has 0 aliphatic heterocycles. The Hall–Kier alpha value is -4.56. The van der Waals surface area contributed by atoms with Gasteiger partial charge in [0.2, 0.25) is 11.2 Å². The van der Waals surface area contributed by atoms with Gasteiger partial charge in [-0.1, -0.05) is 36.4 Å². The molecule has 0 bridgehead atoms. The first-order chi connectivity index (χ1) is 20.8. The summed E-state index contributed by atoms with van der Waals surface area (Å²) in [6.07, 6.45) is 2.06. The Morgan fingerprint density at radius 2 is 1.70 bits per heavy atom. The van der Waals surface area contributed by atoms with Crippen LogP contribution in [-0.2, 0) is 19.4 Å². The average Bonchev–Trinajstić information content (AvgIpc) is 3.26. The van der Waals surface area contributed by atoms with Crippen LogP contribution in [0.15, 0.2) is 77.6 Å². The molecule has 1 unspecified atom stereocenters. The fraction of sp³-hybridized carbons (Fsp3) is 0.286. The van der Waals surface area contributed by atoms with Crippen LogP contribution in [-0.4, -0.2) is 44.9 Å². The zero-order valence-electron chi connectivity index (χ0n) is 24.9. The van der Waals surface area contributed by atoms with Crippen molar-refractivity contribution >= 4 is 5.69 Å². The SMILES string of the molecule is COc1cc2c(c(OC)c1OC)-c1ccc(NCCc3ccc(F)cc3)c(=O)cc1C(N(C)Cc1ccccc1O)CC2. The minimum absolute atomic E-state index is 0.135. The van der Waals surface area contributed by atoms with E-state index in [9.17, 15) is 14.3 Å². The molecule has 1 atom stereocenters. The van der Waals surface area contributed by atoms with Gasteiger partial charge in [-0.2, -0.15) is 0 Å². The largest absolute Gasteiger partial charge is 0.508 e. The van der Waals surface area contributed by atoms with Crippen molar-refractivity contribution in [3.8, 4) is 34.1 Å². The number of hydrogen-bond acceptors (Lipinski definition) is 7. The average molecular weight is 585 g/mol. The Balaban J connectivity index is 1.60. The number of aromatic hydroxyl groups is 1. The fourth-order valence-electron chi connectivity index (χ4n) is 5.91. The normalized spacial score (nSPS) is 14.0. The molecule has 4 aromatic carbocycles. The summed E-state index contributed by atoms with van der Waals surface area (Å²) in [5.41, 5.74) is 5.73. The third kappa shape index (κ3) is 6.29. The van der Waals surface area contributed by atoms with E-state index in [-0.39, 0.29) is 23.0 Å². The molecule has 0 amide bonds. The quantitative estimate of drug-likeness (QED) is 0.225. The van der Waals surface area contributed by atoms with E-state index in [4.69, 9.17) is 14.2 Å². The molecule has 224 valence electrons. The lowest BCUT2D eigenvalue weighted by Crippen LogP contribution is -2.25. The molecule has 8 heteroatoms. The number of hydrogen-bond donors (Lipinski definition) is 2. The predicted molar refractivity (Wildman–Crippen MR) is 167 cm³/mol. The Bertz CT molecular complexity index is 1660. The predicted octanol–water partition coefficient (Wildman–Crippen LogP) is 6.36. The van der Waals surface area contributed by atoms with Crippen LogP contribution < -0.4 is 25.0 Å². The number of para-hydroxylation sites is 1. The molecule has 0 aromatic heterocycles. The van der Waals surface area contributed by atoms with Crippen molar-refractivity contribution in [1.82, 2.24) is 4.90 Å². The van der Waals surface area contributed by atoms with E-state index in [0.29, 0.717) is 48.9 Å². The lowest BCUT2D eigenvalue weighted by molar-refractivity contribution is 0.223. The van der Waals surface area contributed by atoms with Crippen molar-refractivity contribution in [3.63, 3.8) is 0 Å². The van der Waals surface area contributed by atoms with Gasteiger partial charge in [-0.25, -0.2) is 4.39 Å². The summed E-state index contributed by atoms with van der Waals surface area (Å²) in [5, 5.41) is 13.8. The van der Waals surface area contributed by atoms with Crippen molar-refractivity contribution in [1.29, 1.82) is 0 Å². The molecular formula is C35H37FN2O5. The van der Waals surface area contributed by atoms with Gasteiger partial charge in [0.15, 0.2) is 11.5 Å². The van der Waals surface area contributed by atoms with Gasteiger partial charge < -0.3 is 24.6 Å². The second-order valence-electron chi connectivity index (χ2n) is 10.7. The van der Waals surface area contributed by atoms with Crippen LogP contribution in [0.3, 0.4) is 0 Å². The van der Waals surface area contributed by atoms with E-state index in [2.05, 4.69) is 10.2 Å². The summed E-state index contributed by atoms with van der Waals surface area (Å²) in [6.45, 7) is 1.00. The summed E-state index contributed by atoms with van der Waals surface area (Å²) >= 11 is 0. The van der Waals surface area contributed by atoms with Gasteiger partial charge in [0.25, 0.3) is 0 Å². The van der Waals surface area contributed by atoms with Crippen LogP contribution in [0.4, 0.5) is 10.1 Å². The summed E-state index contributed by atoms with van der Waals surface area (Å²) in [5.74, 6) is 1.57. The minimum Gasteiger partial charge on any atom is -0.508 e. The number of ether oxygens (including phenoxy) is 3.